The number of para-hydroxylation sites is 1. The highest BCUT2D eigenvalue weighted by Crippen LogP contribution is 2.36. The molecule has 5 nitrogen and oxygen atoms in total. The van der Waals surface area contributed by atoms with E-state index in [1.54, 1.807) is 0 Å². The van der Waals surface area contributed by atoms with E-state index in [0.717, 1.165) is 10.6 Å². The number of carbonyl (C=O) groups excluding carboxylic acids is 3. The monoisotopic (exact) mass is 279 g/mol. The molecule has 1 heterocycles. The van der Waals surface area contributed by atoms with Crippen LogP contribution < -0.4 is 5.32 Å². The number of amides is 1. The molecule has 0 saturated carbocycles. The zero-order valence-corrected chi connectivity index (χ0v) is 11.2. The van der Waals surface area contributed by atoms with Gasteiger partial charge in [0.2, 0.25) is 5.91 Å². The Bertz CT molecular complexity index is 529. The maximum atomic E-state index is 11.8. The van der Waals surface area contributed by atoms with Gasteiger partial charge in [-0.25, -0.2) is 0 Å². The molecule has 1 aliphatic rings. The van der Waals surface area contributed by atoms with Crippen LogP contribution in [-0.4, -0.2) is 29.5 Å². The van der Waals surface area contributed by atoms with Crippen LogP contribution in [0.3, 0.4) is 0 Å². The normalized spacial score (nSPS) is 17.3. The highest BCUT2D eigenvalue weighted by molar-refractivity contribution is 8.01. The van der Waals surface area contributed by atoms with Crippen LogP contribution in [0.2, 0.25) is 0 Å². The third kappa shape index (κ3) is 3.57. The van der Waals surface area contributed by atoms with Crippen LogP contribution in [0.4, 0.5) is 5.69 Å². The number of fused-ring (bicyclic) bond motifs is 1. The summed E-state index contributed by atoms with van der Waals surface area (Å²) in [5.74, 6) is -0.981. The number of hydrogen-bond donors (Lipinski definition) is 1. The fourth-order valence-electron chi connectivity index (χ4n) is 1.62. The van der Waals surface area contributed by atoms with E-state index in [4.69, 9.17) is 4.74 Å². The quantitative estimate of drug-likeness (QED) is 0.848. The Morgan fingerprint density at radius 1 is 1.37 bits per heavy atom. The molecule has 2 rings (SSSR count). The minimum atomic E-state index is -0.540. The summed E-state index contributed by atoms with van der Waals surface area (Å²) < 4.78 is 4.76. The summed E-state index contributed by atoms with van der Waals surface area (Å²) in [7, 11) is 0. The van der Waals surface area contributed by atoms with Gasteiger partial charge in [0.05, 0.1) is 17.4 Å². The number of ketones is 1. The van der Waals surface area contributed by atoms with Crippen molar-refractivity contribution < 1.29 is 19.1 Å². The summed E-state index contributed by atoms with van der Waals surface area (Å²) in [6.07, 6.45) is -0.0435. The molecule has 0 saturated heterocycles. The molecule has 0 aromatic heterocycles. The van der Waals surface area contributed by atoms with Crippen molar-refractivity contribution in [2.45, 2.75) is 23.5 Å². The predicted octanol–water partition coefficient (Wildman–Crippen LogP) is 1.62. The fraction of sp³-hybridized carbons (Fsp3) is 0.308. The van der Waals surface area contributed by atoms with Crippen LogP contribution in [0, 0.1) is 0 Å². The van der Waals surface area contributed by atoms with Crippen molar-refractivity contribution in [2.75, 3.05) is 11.9 Å². The average Bonchev–Trinajstić information content (AvgIpc) is 2.37. The van der Waals surface area contributed by atoms with Gasteiger partial charge in [0.15, 0.2) is 5.78 Å². The van der Waals surface area contributed by atoms with Crippen LogP contribution >= 0.6 is 11.8 Å². The van der Waals surface area contributed by atoms with E-state index in [2.05, 4.69) is 5.32 Å². The van der Waals surface area contributed by atoms with E-state index in [1.165, 1.54) is 18.7 Å². The van der Waals surface area contributed by atoms with Gasteiger partial charge in [-0.2, -0.15) is 0 Å². The first-order valence-corrected chi connectivity index (χ1v) is 6.66. The van der Waals surface area contributed by atoms with Crippen molar-refractivity contribution in [2.24, 2.45) is 0 Å². The maximum absolute atomic E-state index is 11.8. The second-order valence-electron chi connectivity index (χ2n) is 4.16. The van der Waals surface area contributed by atoms with Crippen LogP contribution in [0.5, 0.6) is 0 Å². The van der Waals surface area contributed by atoms with E-state index in [-0.39, 0.29) is 24.7 Å². The smallest absolute Gasteiger partial charge is 0.307 e. The average molecular weight is 279 g/mol. The van der Waals surface area contributed by atoms with Crippen LogP contribution in [0.15, 0.2) is 29.2 Å². The lowest BCUT2D eigenvalue weighted by Gasteiger charge is -2.23. The minimum absolute atomic E-state index is 0.0435. The zero-order valence-electron chi connectivity index (χ0n) is 10.3. The Morgan fingerprint density at radius 3 is 2.84 bits per heavy atom. The van der Waals surface area contributed by atoms with E-state index in [1.807, 2.05) is 24.3 Å². The van der Waals surface area contributed by atoms with Gasteiger partial charge in [0, 0.05) is 4.90 Å². The van der Waals surface area contributed by atoms with Gasteiger partial charge in [-0.1, -0.05) is 12.1 Å². The molecule has 0 spiro atoms. The summed E-state index contributed by atoms with van der Waals surface area (Å²) in [4.78, 5) is 35.0. The van der Waals surface area contributed by atoms with Crippen LogP contribution in [0.1, 0.15) is 13.3 Å². The van der Waals surface area contributed by atoms with Crippen molar-refractivity contribution in [3.05, 3.63) is 24.3 Å². The highest BCUT2D eigenvalue weighted by Gasteiger charge is 2.29. The molecule has 1 aliphatic heterocycles. The second kappa shape index (κ2) is 5.88. The fourth-order valence-corrected chi connectivity index (χ4v) is 2.71. The van der Waals surface area contributed by atoms with E-state index >= 15 is 0 Å². The molecule has 0 unspecified atom stereocenters. The number of carbonyl (C=O) groups is 3. The van der Waals surface area contributed by atoms with E-state index < -0.39 is 11.2 Å². The molecule has 0 fully saturated rings. The summed E-state index contributed by atoms with van der Waals surface area (Å²) in [5.41, 5.74) is 0.755. The summed E-state index contributed by atoms with van der Waals surface area (Å²) in [5, 5.41) is 2.23. The third-order valence-electron chi connectivity index (χ3n) is 2.50. The van der Waals surface area contributed by atoms with Crippen molar-refractivity contribution >= 4 is 35.1 Å². The van der Waals surface area contributed by atoms with Gasteiger partial charge in [0.1, 0.15) is 6.61 Å². The number of rotatable bonds is 4. The summed E-state index contributed by atoms with van der Waals surface area (Å²) in [6, 6.07) is 7.40. The highest BCUT2D eigenvalue weighted by atomic mass is 32.2. The van der Waals surface area contributed by atoms with Crippen molar-refractivity contribution in [3.63, 3.8) is 0 Å². The predicted molar refractivity (Wildman–Crippen MR) is 71.0 cm³/mol. The Hall–Kier alpha value is -1.82. The van der Waals surface area contributed by atoms with Crippen molar-refractivity contribution in [3.8, 4) is 0 Å². The zero-order chi connectivity index (χ0) is 13.8. The minimum Gasteiger partial charge on any atom is -0.458 e. The first-order valence-electron chi connectivity index (χ1n) is 5.78. The van der Waals surface area contributed by atoms with Gasteiger partial charge in [-0.05, 0) is 19.1 Å². The van der Waals surface area contributed by atoms with Crippen LogP contribution in [0.25, 0.3) is 0 Å². The van der Waals surface area contributed by atoms with Gasteiger partial charge in [-0.15, -0.1) is 11.8 Å². The third-order valence-corrected chi connectivity index (χ3v) is 3.77. The number of hydrogen-bond acceptors (Lipinski definition) is 5. The van der Waals surface area contributed by atoms with Crippen LogP contribution in [-0.2, 0) is 19.1 Å². The standard InChI is InChI=1S/C13H13NO4S/c1-8(15)7-18-12(16)6-11-13(17)14-9-4-2-3-5-10(9)19-11/h2-5,11H,6-7H2,1H3,(H,14,17)/t11-/m1/s1. The lowest BCUT2D eigenvalue weighted by atomic mass is 10.2. The van der Waals surface area contributed by atoms with Gasteiger partial charge in [-0.3, -0.25) is 14.4 Å². The van der Waals surface area contributed by atoms with Gasteiger partial charge < -0.3 is 10.1 Å². The molecule has 1 amide bonds. The van der Waals surface area contributed by atoms with Crippen molar-refractivity contribution in [1.82, 2.24) is 0 Å². The Kier molecular flexibility index (Phi) is 4.21. The first kappa shape index (κ1) is 13.6. The molecule has 0 bridgehead atoms. The summed E-state index contributed by atoms with van der Waals surface area (Å²) in [6.45, 7) is 1.10. The van der Waals surface area contributed by atoms with E-state index in [0.29, 0.717) is 0 Å². The lowest BCUT2D eigenvalue weighted by molar-refractivity contribution is -0.148. The number of ether oxygens (including phenoxy) is 1. The van der Waals surface area contributed by atoms with Crippen molar-refractivity contribution in [1.29, 1.82) is 0 Å². The molecule has 1 N–H and O–H groups in total. The Balaban J connectivity index is 1.97. The maximum Gasteiger partial charge on any atom is 0.307 e. The summed E-state index contributed by atoms with van der Waals surface area (Å²) >= 11 is 1.33. The molecular weight excluding hydrogens is 266 g/mol. The topological polar surface area (TPSA) is 72.5 Å². The largest absolute Gasteiger partial charge is 0.458 e. The van der Waals surface area contributed by atoms with Gasteiger partial charge in [0.25, 0.3) is 0 Å². The molecule has 1 aromatic carbocycles. The van der Waals surface area contributed by atoms with E-state index in [9.17, 15) is 14.4 Å². The Labute approximate surface area is 114 Å². The number of nitrogens with one attached hydrogen (secondary N) is 1. The molecular formula is C13H13NO4S. The molecule has 19 heavy (non-hydrogen) atoms. The molecule has 0 radical (unpaired) electrons. The number of benzene rings is 1. The lowest BCUT2D eigenvalue weighted by Crippen LogP contribution is -2.31. The second-order valence-corrected chi connectivity index (χ2v) is 5.40. The number of esters is 1. The Morgan fingerprint density at radius 2 is 2.11 bits per heavy atom. The molecule has 1 atom stereocenters. The molecule has 0 aliphatic carbocycles. The number of thioether (sulfide) groups is 1. The number of anilines is 1. The first-order chi connectivity index (χ1) is 9.06. The molecule has 1 aromatic rings. The van der Waals surface area contributed by atoms with Gasteiger partial charge >= 0.3 is 5.97 Å². The molecule has 6 heteroatoms. The number of Topliss-reactive ketones (excluding diaryl/α,β-unsaturated/α-hetero) is 1. The molecule has 100 valence electrons. The SMILES string of the molecule is CC(=O)COC(=O)C[C@H]1Sc2ccccc2NC1=O.